The van der Waals surface area contributed by atoms with Gasteiger partial charge in [0, 0.05) is 4.47 Å². The third-order valence-corrected chi connectivity index (χ3v) is 2.59. The Hall–Kier alpha value is -1.14. The van der Waals surface area contributed by atoms with Gasteiger partial charge in [-0.1, -0.05) is 27.5 Å². The van der Waals surface area contributed by atoms with Crippen LogP contribution in [0.2, 0.25) is 5.02 Å². The molecule has 0 aliphatic rings. The van der Waals surface area contributed by atoms with E-state index >= 15 is 0 Å². The van der Waals surface area contributed by atoms with Gasteiger partial charge < -0.3 is 4.74 Å². The van der Waals surface area contributed by atoms with E-state index in [0.717, 1.165) is 4.47 Å². The molecular formula is C9H8BrClN4O. The van der Waals surface area contributed by atoms with Crippen molar-refractivity contribution in [3.63, 3.8) is 0 Å². The lowest BCUT2D eigenvalue weighted by atomic mass is 10.3. The first-order valence-electron chi connectivity index (χ1n) is 4.46. The van der Waals surface area contributed by atoms with Crippen LogP contribution in [0.5, 0.6) is 5.75 Å². The fourth-order valence-electron chi connectivity index (χ4n) is 1.12. The summed E-state index contributed by atoms with van der Waals surface area (Å²) in [6, 6.07) is 5.40. The number of halogens is 2. The van der Waals surface area contributed by atoms with Crippen LogP contribution in [0.25, 0.3) is 0 Å². The number of ether oxygens (including phenoxy) is 1. The highest BCUT2D eigenvalue weighted by molar-refractivity contribution is 9.10. The Balaban J connectivity index is 2.04. The minimum absolute atomic E-state index is 0.245. The molecule has 1 heterocycles. The second kappa shape index (κ2) is 4.80. The Morgan fingerprint density at radius 2 is 2.31 bits per heavy atom. The van der Waals surface area contributed by atoms with E-state index in [0.29, 0.717) is 16.6 Å². The summed E-state index contributed by atoms with van der Waals surface area (Å²) >= 11 is 9.30. The number of hydrogen-bond acceptors (Lipinski definition) is 4. The summed E-state index contributed by atoms with van der Waals surface area (Å²) in [5.74, 6) is 1.11. The molecule has 0 bridgehead atoms. The molecule has 0 N–H and O–H groups in total. The normalized spacial score (nSPS) is 10.4. The average molecular weight is 304 g/mol. The molecule has 7 heteroatoms. The Kier molecular flexibility index (Phi) is 3.40. The molecule has 0 aliphatic carbocycles. The zero-order valence-corrected chi connectivity index (χ0v) is 10.7. The minimum atomic E-state index is 0.245. The quantitative estimate of drug-likeness (QED) is 0.872. The van der Waals surface area contributed by atoms with Gasteiger partial charge in [-0.3, -0.25) is 0 Å². The SMILES string of the molecule is Cn1nnc(COc2ccc(Br)cc2Cl)n1. The van der Waals surface area contributed by atoms with Crippen LogP contribution in [0.4, 0.5) is 0 Å². The molecule has 0 spiro atoms. The van der Waals surface area contributed by atoms with E-state index in [1.54, 1.807) is 19.2 Å². The largest absolute Gasteiger partial charge is 0.484 e. The highest BCUT2D eigenvalue weighted by Gasteiger charge is 2.05. The van der Waals surface area contributed by atoms with Crippen LogP contribution in [0.3, 0.4) is 0 Å². The minimum Gasteiger partial charge on any atom is -0.484 e. The first kappa shape index (κ1) is 11.3. The van der Waals surface area contributed by atoms with Gasteiger partial charge >= 0.3 is 0 Å². The van der Waals surface area contributed by atoms with Crippen LogP contribution in [0.15, 0.2) is 22.7 Å². The Morgan fingerprint density at radius 3 is 2.94 bits per heavy atom. The Morgan fingerprint density at radius 1 is 1.50 bits per heavy atom. The molecule has 1 aromatic heterocycles. The number of hydrogen-bond donors (Lipinski definition) is 0. The van der Waals surface area contributed by atoms with Gasteiger partial charge in [0.1, 0.15) is 5.75 Å². The van der Waals surface area contributed by atoms with Crippen LogP contribution in [0, 0.1) is 0 Å². The lowest BCUT2D eigenvalue weighted by Crippen LogP contribution is -1.99. The van der Waals surface area contributed by atoms with E-state index in [4.69, 9.17) is 16.3 Å². The van der Waals surface area contributed by atoms with E-state index < -0.39 is 0 Å². The third-order valence-electron chi connectivity index (χ3n) is 1.80. The molecule has 16 heavy (non-hydrogen) atoms. The van der Waals surface area contributed by atoms with Gasteiger partial charge in [0.15, 0.2) is 6.61 Å². The van der Waals surface area contributed by atoms with E-state index in [2.05, 4.69) is 31.3 Å². The predicted molar refractivity (Wildman–Crippen MR) is 62.3 cm³/mol. The van der Waals surface area contributed by atoms with E-state index in [1.165, 1.54) is 4.80 Å². The molecule has 2 aromatic rings. The van der Waals surface area contributed by atoms with Gasteiger partial charge in [0.05, 0.1) is 12.1 Å². The molecule has 0 fully saturated rings. The molecule has 0 unspecified atom stereocenters. The molecule has 0 atom stereocenters. The van der Waals surface area contributed by atoms with Crippen molar-refractivity contribution in [1.29, 1.82) is 0 Å². The van der Waals surface area contributed by atoms with Crippen molar-refractivity contribution in [3.8, 4) is 5.75 Å². The second-order valence-corrected chi connectivity index (χ2v) is 4.38. The zero-order chi connectivity index (χ0) is 11.5. The average Bonchev–Trinajstić information content (AvgIpc) is 2.63. The molecule has 0 saturated carbocycles. The maximum Gasteiger partial charge on any atom is 0.212 e. The maximum atomic E-state index is 5.98. The molecule has 2 rings (SSSR count). The molecule has 1 aromatic carbocycles. The topological polar surface area (TPSA) is 52.8 Å². The number of nitrogens with zero attached hydrogens (tertiary/aromatic N) is 4. The van der Waals surface area contributed by atoms with Gasteiger partial charge in [-0.2, -0.15) is 4.80 Å². The van der Waals surface area contributed by atoms with Crippen LogP contribution >= 0.6 is 27.5 Å². The van der Waals surface area contributed by atoms with Crippen molar-refractivity contribution in [1.82, 2.24) is 20.2 Å². The van der Waals surface area contributed by atoms with Gasteiger partial charge in [0.25, 0.3) is 0 Å². The summed E-state index contributed by atoms with van der Waals surface area (Å²) in [6.45, 7) is 0.245. The van der Waals surface area contributed by atoms with Crippen LogP contribution in [-0.2, 0) is 13.7 Å². The fourth-order valence-corrected chi connectivity index (χ4v) is 1.84. The first-order valence-corrected chi connectivity index (χ1v) is 5.63. The lowest BCUT2D eigenvalue weighted by Gasteiger charge is -2.05. The predicted octanol–water partition coefficient (Wildman–Crippen LogP) is 2.21. The van der Waals surface area contributed by atoms with E-state index in [1.807, 2.05) is 6.07 Å². The maximum absolute atomic E-state index is 5.98. The molecular weight excluding hydrogens is 295 g/mol. The molecule has 84 valence electrons. The van der Waals surface area contributed by atoms with Crippen LogP contribution < -0.4 is 4.74 Å². The zero-order valence-electron chi connectivity index (χ0n) is 8.39. The van der Waals surface area contributed by atoms with Crippen molar-refractivity contribution >= 4 is 27.5 Å². The van der Waals surface area contributed by atoms with Gasteiger partial charge in [-0.05, 0) is 23.4 Å². The number of benzene rings is 1. The van der Waals surface area contributed by atoms with Gasteiger partial charge in [0.2, 0.25) is 5.82 Å². The van der Waals surface area contributed by atoms with Crippen molar-refractivity contribution in [2.45, 2.75) is 6.61 Å². The first-order chi connectivity index (χ1) is 7.65. The van der Waals surface area contributed by atoms with E-state index in [-0.39, 0.29) is 6.61 Å². The smallest absolute Gasteiger partial charge is 0.212 e. The van der Waals surface area contributed by atoms with Crippen molar-refractivity contribution in [3.05, 3.63) is 33.5 Å². The van der Waals surface area contributed by atoms with Gasteiger partial charge in [-0.15, -0.1) is 10.2 Å². The summed E-state index contributed by atoms with van der Waals surface area (Å²) in [6.07, 6.45) is 0. The van der Waals surface area contributed by atoms with Crippen LogP contribution in [-0.4, -0.2) is 20.2 Å². The lowest BCUT2D eigenvalue weighted by molar-refractivity contribution is 0.295. The monoisotopic (exact) mass is 302 g/mol. The van der Waals surface area contributed by atoms with Crippen molar-refractivity contribution in [2.75, 3.05) is 0 Å². The van der Waals surface area contributed by atoms with Crippen LogP contribution in [0.1, 0.15) is 5.82 Å². The Bertz CT molecular complexity index is 502. The van der Waals surface area contributed by atoms with E-state index in [9.17, 15) is 0 Å². The van der Waals surface area contributed by atoms with Crippen molar-refractivity contribution in [2.24, 2.45) is 7.05 Å². The second-order valence-electron chi connectivity index (χ2n) is 3.06. The molecule has 0 radical (unpaired) electrons. The highest BCUT2D eigenvalue weighted by Crippen LogP contribution is 2.27. The number of tetrazole rings is 1. The summed E-state index contributed by atoms with van der Waals surface area (Å²) < 4.78 is 6.37. The number of aromatic nitrogens is 4. The number of aryl methyl sites for hydroxylation is 1. The summed E-state index contributed by atoms with van der Waals surface area (Å²) in [7, 11) is 1.70. The molecule has 0 aliphatic heterocycles. The molecule has 5 nitrogen and oxygen atoms in total. The summed E-state index contributed by atoms with van der Waals surface area (Å²) in [5, 5.41) is 12.0. The fraction of sp³-hybridized carbons (Fsp3) is 0.222. The van der Waals surface area contributed by atoms with Crippen molar-refractivity contribution < 1.29 is 4.74 Å². The Labute approximate surface area is 105 Å². The standard InChI is InChI=1S/C9H8BrClN4O/c1-15-13-9(12-14-15)5-16-8-3-2-6(10)4-7(8)11/h2-4H,5H2,1H3. The molecule has 0 amide bonds. The summed E-state index contributed by atoms with van der Waals surface area (Å²) in [5.41, 5.74) is 0. The number of rotatable bonds is 3. The third kappa shape index (κ3) is 2.70. The van der Waals surface area contributed by atoms with Gasteiger partial charge in [-0.25, -0.2) is 0 Å². The molecule has 0 saturated heterocycles. The summed E-state index contributed by atoms with van der Waals surface area (Å²) in [4.78, 5) is 1.38. The highest BCUT2D eigenvalue weighted by atomic mass is 79.9.